The SMILES string of the molecule is Cc1cc(C)c(Oc2nc(C3=CCN(C(=O)C(C)C)CC3)ccc2C(=O)NS(=O)(=O)c2cccc(C)n2)c(C)c1.[HH].[HH]. The zero-order chi connectivity index (χ0) is 29.2. The van der Waals surface area contributed by atoms with Crippen LogP contribution in [0.5, 0.6) is 11.6 Å². The molecule has 4 rings (SSSR count). The minimum absolute atomic E-state index is 0. The van der Waals surface area contributed by atoms with Gasteiger partial charge in [-0.15, -0.1) is 0 Å². The van der Waals surface area contributed by atoms with E-state index in [1.807, 2.05) is 52.8 Å². The Morgan fingerprint density at radius 1 is 1.02 bits per heavy atom. The molecular weight excluding hydrogens is 528 g/mol. The predicted molar refractivity (Wildman–Crippen MR) is 157 cm³/mol. The van der Waals surface area contributed by atoms with Crippen LogP contribution in [0.15, 0.2) is 53.6 Å². The fourth-order valence-corrected chi connectivity index (χ4v) is 5.64. The first-order valence-corrected chi connectivity index (χ1v) is 14.6. The molecule has 9 nitrogen and oxygen atoms in total. The van der Waals surface area contributed by atoms with Crippen molar-refractivity contribution in [2.24, 2.45) is 5.92 Å². The highest BCUT2D eigenvalue weighted by atomic mass is 32.2. The largest absolute Gasteiger partial charge is 0.438 e. The molecule has 1 N–H and O–H groups in total. The van der Waals surface area contributed by atoms with Crippen LogP contribution < -0.4 is 9.46 Å². The van der Waals surface area contributed by atoms with Gasteiger partial charge in [0.25, 0.3) is 15.9 Å². The summed E-state index contributed by atoms with van der Waals surface area (Å²) in [5, 5.41) is -0.258. The number of sulfonamides is 1. The van der Waals surface area contributed by atoms with E-state index in [2.05, 4.69) is 14.7 Å². The average molecular weight is 567 g/mol. The maximum atomic E-state index is 13.3. The van der Waals surface area contributed by atoms with Crippen molar-refractivity contribution in [2.75, 3.05) is 13.1 Å². The molecule has 0 unspecified atom stereocenters. The van der Waals surface area contributed by atoms with Gasteiger partial charge in [-0.3, -0.25) is 9.59 Å². The summed E-state index contributed by atoms with van der Waals surface area (Å²) in [6.07, 6.45) is 2.54. The minimum atomic E-state index is -4.24. The fraction of sp³-hybridized carbons (Fsp3) is 0.333. The summed E-state index contributed by atoms with van der Waals surface area (Å²) in [5.74, 6) is -0.351. The number of aromatic nitrogens is 2. The van der Waals surface area contributed by atoms with Gasteiger partial charge >= 0.3 is 0 Å². The molecule has 3 aromatic rings. The van der Waals surface area contributed by atoms with Gasteiger partial charge in [-0.05, 0) is 75.1 Å². The number of carbonyl (C=O) groups is 2. The van der Waals surface area contributed by atoms with Crippen LogP contribution in [0.25, 0.3) is 5.57 Å². The van der Waals surface area contributed by atoms with E-state index in [9.17, 15) is 18.0 Å². The van der Waals surface area contributed by atoms with Gasteiger partial charge < -0.3 is 9.64 Å². The molecule has 0 radical (unpaired) electrons. The third kappa shape index (κ3) is 6.39. The quantitative estimate of drug-likeness (QED) is 0.408. The number of ether oxygens (including phenoxy) is 1. The average Bonchev–Trinajstić information content (AvgIpc) is 2.90. The van der Waals surface area contributed by atoms with Gasteiger partial charge in [0.1, 0.15) is 11.3 Å². The molecule has 0 atom stereocenters. The van der Waals surface area contributed by atoms with Crippen LogP contribution >= 0.6 is 0 Å². The lowest BCUT2D eigenvalue weighted by molar-refractivity contribution is -0.134. The molecule has 0 spiro atoms. The first-order valence-electron chi connectivity index (χ1n) is 13.1. The highest BCUT2D eigenvalue weighted by Crippen LogP contribution is 2.33. The Kier molecular flexibility index (Phi) is 8.39. The molecule has 214 valence electrons. The van der Waals surface area contributed by atoms with E-state index in [4.69, 9.17) is 4.74 Å². The molecule has 0 fully saturated rings. The van der Waals surface area contributed by atoms with Crippen molar-refractivity contribution >= 4 is 27.4 Å². The van der Waals surface area contributed by atoms with Gasteiger partial charge in [-0.1, -0.05) is 43.7 Å². The Labute approximate surface area is 238 Å². The topological polar surface area (TPSA) is 119 Å². The fourth-order valence-electron chi connectivity index (χ4n) is 4.66. The van der Waals surface area contributed by atoms with E-state index in [1.54, 1.807) is 30.0 Å². The van der Waals surface area contributed by atoms with Crippen molar-refractivity contribution in [3.8, 4) is 11.6 Å². The van der Waals surface area contributed by atoms with Crippen LogP contribution in [-0.4, -0.2) is 48.2 Å². The molecule has 2 aromatic heterocycles. The van der Waals surface area contributed by atoms with Gasteiger partial charge in [0.15, 0.2) is 5.03 Å². The smallest absolute Gasteiger partial charge is 0.281 e. The number of benzene rings is 1. The molecule has 2 amide bonds. The van der Waals surface area contributed by atoms with Crippen LogP contribution in [0.4, 0.5) is 0 Å². The van der Waals surface area contributed by atoms with Crippen LogP contribution in [0.2, 0.25) is 0 Å². The number of aryl methyl sites for hydroxylation is 4. The van der Waals surface area contributed by atoms with E-state index >= 15 is 0 Å². The van der Waals surface area contributed by atoms with Crippen molar-refractivity contribution in [3.05, 3.63) is 82.2 Å². The van der Waals surface area contributed by atoms with Crippen molar-refractivity contribution in [3.63, 3.8) is 0 Å². The minimum Gasteiger partial charge on any atom is -0.438 e. The van der Waals surface area contributed by atoms with Gasteiger partial charge in [0, 0.05) is 27.6 Å². The molecule has 3 heterocycles. The lowest BCUT2D eigenvalue weighted by Gasteiger charge is -2.28. The third-order valence-electron chi connectivity index (χ3n) is 6.62. The second-order valence-corrected chi connectivity index (χ2v) is 12.0. The van der Waals surface area contributed by atoms with Crippen LogP contribution in [0.1, 0.15) is 61.6 Å². The first-order chi connectivity index (χ1) is 18.9. The highest BCUT2D eigenvalue weighted by Gasteiger charge is 2.26. The van der Waals surface area contributed by atoms with Crippen molar-refractivity contribution < 1.29 is 25.6 Å². The molecule has 40 heavy (non-hydrogen) atoms. The zero-order valence-electron chi connectivity index (χ0n) is 23.6. The summed E-state index contributed by atoms with van der Waals surface area (Å²) < 4.78 is 34.2. The number of nitrogens with zero attached hydrogens (tertiary/aromatic N) is 3. The lowest BCUT2D eigenvalue weighted by Crippen LogP contribution is -2.37. The first kappa shape index (κ1) is 28.9. The summed E-state index contributed by atoms with van der Waals surface area (Å²) in [7, 11) is -4.24. The predicted octanol–water partition coefficient (Wildman–Crippen LogP) is 5.38. The van der Waals surface area contributed by atoms with Gasteiger partial charge in [0.2, 0.25) is 11.8 Å². The number of amides is 2. The molecular formula is C30H38N4O5S. The molecule has 0 saturated carbocycles. The molecule has 0 aliphatic carbocycles. The van der Waals surface area contributed by atoms with Crippen LogP contribution in [0.3, 0.4) is 0 Å². The summed E-state index contributed by atoms with van der Waals surface area (Å²) in [6, 6.07) is 11.6. The summed E-state index contributed by atoms with van der Waals surface area (Å²) >= 11 is 0. The van der Waals surface area contributed by atoms with E-state index in [-0.39, 0.29) is 31.1 Å². The second-order valence-electron chi connectivity index (χ2n) is 10.3. The molecule has 0 saturated heterocycles. The van der Waals surface area contributed by atoms with Crippen LogP contribution in [-0.2, 0) is 14.8 Å². The van der Waals surface area contributed by atoms with Gasteiger partial charge in [0.05, 0.1) is 5.69 Å². The lowest BCUT2D eigenvalue weighted by atomic mass is 10.0. The standard InChI is InChI=1S/C30H34N4O5S.2H2/c1-18(2)30(36)34-14-12-23(13-15-34)25-11-10-24(28(35)33-40(37,38)26-9-7-8-22(6)31-26)29(32-25)39-27-20(4)16-19(3)17-21(27)5;;/h7-12,16-18H,13-15H2,1-6H3,(H,33,35);2*1H. The Bertz CT molecular complexity index is 1600. The monoisotopic (exact) mass is 566 g/mol. The Morgan fingerprint density at radius 2 is 1.73 bits per heavy atom. The van der Waals surface area contributed by atoms with Gasteiger partial charge in [-0.2, -0.15) is 8.42 Å². The number of hydrogen-bond acceptors (Lipinski definition) is 7. The number of carbonyl (C=O) groups excluding carboxylic acids is 2. The summed E-state index contributed by atoms with van der Waals surface area (Å²) in [6.45, 7) is 12.2. The van der Waals surface area contributed by atoms with Crippen molar-refractivity contribution in [2.45, 2.75) is 53.0 Å². The molecule has 10 heteroatoms. The Morgan fingerprint density at radius 3 is 2.33 bits per heavy atom. The van der Waals surface area contributed by atoms with Crippen LogP contribution in [0, 0.1) is 33.6 Å². The number of pyridine rings is 2. The number of rotatable bonds is 7. The maximum Gasteiger partial charge on any atom is 0.281 e. The summed E-state index contributed by atoms with van der Waals surface area (Å²) in [4.78, 5) is 36.2. The Hall–Kier alpha value is -4.05. The van der Waals surface area contributed by atoms with E-state index in [0.29, 0.717) is 36.6 Å². The second kappa shape index (κ2) is 11.6. The Balaban J connectivity index is 0.00000308. The highest BCUT2D eigenvalue weighted by molar-refractivity contribution is 7.90. The van der Waals surface area contributed by atoms with Crippen molar-refractivity contribution in [1.82, 2.24) is 19.6 Å². The maximum absolute atomic E-state index is 13.3. The molecule has 1 aromatic carbocycles. The normalized spacial score (nSPS) is 13.7. The van der Waals surface area contributed by atoms with E-state index < -0.39 is 15.9 Å². The third-order valence-corrected chi connectivity index (χ3v) is 7.85. The molecule has 0 bridgehead atoms. The van der Waals surface area contributed by atoms with Crippen molar-refractivity contribution in [1.29, 1.82) is 0 Å². The van der Waals surface area contributed by atoms with E-state index in [1.165, 1.54) is 12.1 Å². The molecule has 1 aliphatic heterocycles. The molecule has 1 aliphatic rings. The van der Waals surface area contributed by atoms with E-state index in [0.717, 1.165) is 22.3 Å². The number of hydrogen-bond donors (Lipinski definition) is 1. The van der Waals surface area contributed by atoms with Gasteiger partial charge in [-0.25, -0.2) is 14.7 Å². The zero-order valence-corrected chi connectivity index (χ0v) is 24.4. The summed E-state index contributed by atoms with van der Waals surface area (Å²) in [5.41, 5.74) is 4.75. The number of nitrogens with one attached hydrogen (secondary N) is 1.